The third-order valence-electron chi connectivity index (χ3n) is 15.5. The van der Waals surface area contributed by atoms with Gasteiger partial charge < -0.3 is 9.47 Å². The molecule has 0 N–H and O–H groups in total. The molecule has 0 spiro atoms. The van der Waals surface area contributed by atoms with Gasteiger partial charge in [-0.3, -0.25) is 0 Å². The summed E-state index contributed by atoms with van der Waals surface area (Å²) >= 11 is 0. The Labute approximate surface area is 438 Å². The van der Waals surface area contributed by atoms with Gasteiger partial charge in [0, 0.05) is 33.5 Å². The molecular weight excluding hydrogens is 905 g/mol. The molecule has 0 bridgehead atoms. The standard InChI is InChI=1S/C73H50N2/c1-7-21-51(22-8-1)53-35-40-61(41-36-53)74(62-42-37-54(38-43-62)56-39-46-71-67(47-56)65-33-19-20-34-70(65)75(71)60-31-17-6-18-32-60)63-44-45-64-68-49-57(52-23-9-2-10-24-52)48-66(55-25-11-3-12-26-55)72(68)73(69(64)50-63,58-27-13-4-14-28-58)59-29-15-5-16-30-59/h1-50H. The van der Waals surface area contributed by atoms with Gasteiger partial charge >= 0.3 is 0 Å². The van der Waals surface area contributed by atoms with E-state index in [1.807, 2.05) is 0 Å². The lowest BCUT2D eigenvalue weighted by atomic mass is 9.66. The van der Waals surface area contributed by atoms with E-state index in [-0.39, 0.29) is 0 Å². The van der Waals surface area contributed by atoms with E-state index in [1.165, 1.54) is 94.1 Å². The first-order chi connectivity index (χ1) is 37.2. The molecule has 1 aliphatic carbocycles. The number of anilines is 3. The van der Waals surface area contributed by atoms with Crippen LogP contribution in [-0.4, -0.2) is 4.57 Å². The molecule has 2 nitrogen and oxygen atoms in total. The topological polar surface area (TPSA) is 8.17 Å². The molecule has 0 aliphatic heterocycles. The largest absolute Gasteiger partial charge is 0.310 e. The van der Waals surface area contributed by atoms with Crippen molar-refractivity contribution in [3.63, 3.8) is 0 Å². The van der Waals surface area contributed by atoms with E-state index in [0.29, 0.717) is 0 Å². The van der Waals surface area contributed by atoms with Crippen molar-refractivity contribution < 1.29 is 0 Å². The molecule has 1 aromatic heterocycles. The monoisotopic (exact) mass is 954 g/mol. The number of rotatable bonds is 10. The van der Waals surface area contributed by atoms with E-state index in [0.717, 1.165) is 28.3 Å². The predicted octanol–water partition coefficient (Wildman–Crippen LogP) is 19.3. The fourth-order valence-corrected chi connectivity index (χ4v) is 12.1. The summed E-state index contributed by atoms with van der Waals surface area (Å²) in [4.78, 5) is 2.44. The van der Waals surface area contributed by atoms with Crippen LogP contribution in [0.25, 0.3) is 83.1 Å². The summed E-state index contributed by atoms with van der Waals surface area (Å²) in [5.41, 5.74) is 23.1. The van der Waals surface area contributed by atoms with E-state index in [4.69, 9.17) is 0 Å². The van der Waals surface area contributed by atoms with Crippen LogP contribution >= 0.6 is 0 Å². The number of fused-ring (bicyclic) bond motifs is 6. The summed E-state index contributed by atoms with van der Waals surface area (Å²) in [5, 5.41) is 2.48. The summed E-state index contributed by atoms with van der Waals surface area (Å²) in [6.45, 7) is 0. The lowest BCUT2D eigenvalue weighted by molar-refractivity contribution is 0.770. The molecule has 13 aromatic rings. The quantitative estimate of drug-likeness (QED) is 0.133. The van der Waals surface area contributed by atoms with E-state index in [9.17, 15) is 0 Å². The van der Waals surface area contributed by atoms with E-state index >= 15 is 0 Å². The number of benzene rings is 12. The maximum absolute atomic E-state index is 2.49. The van der Waals surface area contributed by atoms with Crippen LogP contribution in [0, 0.1) is 0 Å². The van der Waals surface area contributed by atoms with Gasteiger partial charge in [0.25, 0.3) is 0 Å². The van der Waals surface area contributed by atoms with Crippen LogP contribution in [0.2, 0.25) is 0 Å². The molecule has 14 rings (SSSR count). The van der Waals surface area contributed by atoms with E-state index in [2.05, 4.69) is 313 Å². The number of aromatic nitrogens is 1. The molecule has 0 atom stereocenters. The third-order valence-corrected chi connectivity index (χ3v) is 15.5. The first-order valence-corrected chi connectivity index (χ1v) is 25.9. The Morgan fingerprint density at radius 1 is 0.267 bits per heavy atom. The second-order valence-corrected chi connectivity index (χ2v) is 19.6. The minimum Gasteiger partial charge on any atom is -0.310 e. The van der Waals surface area contributed by atoms with Gasteiger partial charge in [-0.1, -0.05) is 224 Å². The van der Waals surface area contributed by atoms with E-state index in [1.54, 1.807) is 0 Å². The van der Waals surface area contributed by atoms with Crippen molar-refractivity contribution in [2.45, 2.75) is 5.41 Å². The van der Waals surface area contributed by atoms with E-state index < -0.39 is 5.41 Å². The van der Waals surface area contributed by atoms with Gasteiger partial charge in [-0.15, -0.1) is 0 Å². The molecule has 2 heteroatoms. The molecule has 0 radical (unpaired) electrons. The second-order valence-electron chi connectivity index (χ2n) is 19.6. The highest BCUT2D eigenvalue weighted by Crippen LogP contribution is 2.60. The molecule has 1 heterocycles. The lowest BCUT2D eigenvalue weighted by Gasteiger charge is -2.36. The highest BCUT2D eigenvalue weighted by molar-refractivity contribution is 6.10. The van der Waals surface area contributed by atoms with Crippen LogP contribution in [0.1, 0.15) is 22.3 Å². The maximum atomic E-state index is 2.49. The number of nitrogens with zero attached hydrogens (tertiary/aromatic N) is 2. The van der Waals surface area contributed by atoms with Gasteiger partial charge in [0.2, 0.25) is 0 Å². The van der Waals surface area contributed by atoms with Crippen molar-refractivity contribution in [3.05, 3.63) is 326 Å². The molecule has 0 saturated carbocycles. The predicted molar refractivity (Wildman–Crippen MR) is 315 cm³/mol. The van der Waals surface area contributed by atoms with Crippen LogP contribution in [0.15, 0.2) is 303 Å². The van der Waals surface area contributed by atoms with Gasteiger partial charge in [-0.25, -0.2) is 0 Å². The van der Waals surface area contributed by atoms with Crippen LogP contribution in [0.3, 0.4) is 0 Å². The summed E-state index contributed by atoms with van der Waals surface area (Å²) in [5.74, 6) is 0. The highest BCUT2D eigenvalue weighted by atomic mass is 15.1. The zero-order valence-electron chi connectivity index (χ0n) is 41.3. The Kier molecular flexibility index (Phi) is 10.8. The zero-order chi connectivity index (χ0) is 49.7. The number of hydrogen-bond acceptors (Lipinski definition) is 1. The van der Waals surface area contributed by atoms with Crippen molar-refractivity contribution >= 4 is 38.9 Å². The first kappa shape index (κ1) is 44.0. The Morgan fingerprint density at radius 2 is 0.707 bits per heavy atom. The van der Waals surface area contributed by atoms with Crippen molar-refractivity contribution in [2.75, 3.05) is 4.90 Å². The first-order valence-electron chi connectivity index (χ1n) is 25.9. The Bertz CT molecular complexity index is 4130. The lowest BCUT2D eigenvalue weighted by Crippen LogP contribution is -2.29. The van der Waals surface area contributed by atoms with Crippen molar-refractivity contribution in [2.24, 2.45) is 0 Å². The summed E-state index contributed by atoms with van der Waals surface area (Å²) in [7, 11) is 0. The van der Waals surface area contributed by atoms with Crippen LogP contribution in [0.4, 0.5) is 17.1 Å². The second kappa shape index (κ2) is 18.4. The highest BCUT2D eigenvalue weighted by Gasteiger charge is 2.48. The van der Waals surface area contributed by atoms with Crippen LogP contribution in [0.5, 0.6) is 0 Å². The van der Waals surface area contributed by atoms with Crippen LogP contribution in [-0.2, 0) is 5.41 Å². The van der Waals surface area contributed by atoms with Crippen LogP contribution < -0.4 is 4.90 Å². The fraction of sp³-hybridized carbons (Fsp3) is 0.0137. The summed E-state index contributed by atoms with van der Waals surface area (Å²) < 4.78 is 2.38. The van der Waals surface area contributed by atoms with Gasteiger partial charge in [0.1, 0.15) is 0 Å². The molecule has 0 saturated heterocycles. The summed E-state index contributed by atoms with van der Waals surface area (Å²) in [6.07, 6.45) is 0. The Hall–Kier alpha value is -9.76. The van der Waals surface area contributed by atoms with Crippen molar-refractivity contribution in [3.8, 4) is 61.3 Å². The molecule has 0 amide bonds. The molecule has 75 heavy (non-hydrogen) atoms. The Balaban J connectivity index is 0.972. The number of hydrogen-bond donors (Lipinski definition) is 0. The smallest absolute Gasteiger partial charge is 0.0720 e. The molecule has 12 aromatic carbocycles. The average Bonchev–Trinajstić information content (AvgIpc) is 4.07. The van der Waals surface area contributed by atoms with Gasteiger partial charge in [-0.05, 0) is 157 Å². The molecule has 0 unspecified atom stereocenters. The fourth-order valence-electron chi connectivity index (χ4n) is 12.1. The molecule has 1 aliphatic rings. The normalized spacial score (nSPS) is 12.4. The minimum absolute atomic E-state index is 0.668. The molecular formula is C73H50N2. The number of para-hydroxylation sites is 2. The SMILES string of the molecule is c1ccc(-c2ccc(N(c3ccc(-c4ccc5c(c4)c4ccccc4n5-c4ccccc4)cc3)c3ccc4c(c3)C(c3ccccc3)(c3ccccc3)c3c(-c5ccccc5)cc(-c5ccccc5)cc3-4)cc2)cc1. The van der Waals surface area contributed by atoms with Crippen molar-refractivity contribution in [1.29, 1.82) is 0 Å². The molecule has 0 fully saturated rings. The van der Waals surface area contributed by atoms with Gasteiger partial charge in [-0.2, -0.15) is 0 Å². The minimum atomic E-state index is -0.668. The van der Waals surface area contributed by atoms with Gasteiger partial charge in [0.15, 0.2) is 0 Å². The maximum Gasteiger partial charge on any atom is 0.0720 e. The summed E-state index contributed by atoms with van der Waals surface area (Å²) in [6, 6.07) is 111. The van der Waals surface area contributed by atoms with Gasteiger partial charge in [0.05, 0.1) is 16.4 Å². The zero-order valence-corrected chi connectivity index (χ0v) is 41.3. The van der Waals surface area contributed by atoms with Crippen molar-refractivity contribution in [1.82, 2.24) is 4.57 Å². The average molecular weight is 955 g/mol. The molecule has 352 valence electrons. The third kappa shape index (κ3) is 7.41. The Morgan fingerprint density at radius 3 is 1.31 bits per heavy atom.